The molecule has 0 aromatic heterocycles. The number of hydrogen-bond acceptors (Lipinski definition) is 3. The highest BCUT2D eigenvalue weighted by molar-refractivity contribution is 6.07. The van der Waals surface area contributed by atoms with Crippen molar-refractivity contribution in [3.63, 3.8) is 0 Å². The Kier molecular flexibility index (Phi) is 4.84. The highest BCUT2D eigenvalue weighted by Crippen LogP contribution is 2.32. The Balaban J connectivity index is 1.70. The van der Waals surface area contributed by atoms with Gasteiger partial charge in [0.05, 0.1) is 5.56 Å². The molecule has 0 fully saturated rings. The van der Waals surface area contributed by atoms with E-state index in [9.17, 15) is 9.59 Å². The van der Waals surface area contributed by atoms with Crippen LogP contribution in [-0.4, -0.2) is 24.5 Å². The number of carbonyl (C=O) groups is 2. The zero-order chi connectivity index (χ0) is 17.1. The largest absolute Gasteiger partial charge is 0.452 e. The van der Waals surface area contributed by atoms with Crippen LogP contribution in [0.4, 0.5) is 0 Å². The van der Waals surface area contributed by atoms with E-state index in [1.54, 1.807) is 0 Å². The Morgan fingerprint density at radius 2 is 1.92 bits per heavy atom. The van der Waals surface area contributed by atoms with Crippen LogP contribution < -0.4 is 5.32 Å². The number of nitrogens with one attached hydrogen (secondary N) is 1. The van der Waals surface area contributed by atoms with Gasteiger partial charge in [0.15, 0.2) is 6.61 Å². The average molecular weight is 325 g/mol. The quantitative estimate of drug-likeness (QED) is 0.828. The first-order chi connectivity index (χ1) is 11.6. The smallest absolute Gasteiger partial charge is 0.339 e. The maximum Gasteiger partial charge on any atom is 0.339 e. The molecule has 1 unspecified atom stereocenters. The van der Waals surface area contributed by atoms with Gasteiger partial charge < -0.3 is 10.1 Å². The highest BCUT2D eigenvalue weighted by Gasteiger charge is 2.20. The normalized spacial score (nSPS) is 13.8. The highest BCUT2D eigenvalue weighted by atomic mass is 16.5. The zero-order valence-electron chi connectivity index (χ0n) is 14.2. The summed E-state index contributed by atoms with van der Waals surface area (Å²) in [6, 6.07) is 9.94. The van der Waals surface area contributed by atoms with Crippen molar-refractivity contribution in [3.8, 4) is 0 Å². The second kappa shape index (κ2) is 7.04. The molecular formula is C20H23NO3. The molecule has 4 heteroatoms. The van der Waals surface area contributed by atoms with Crippen molar-refractivity contribution >= 4 is 22.6 Å². The van der Waals surface area contributed by atoms with E-state index in [4.69, 9.17) is 4.74 Å². The van der Waals surface area contributed by atoms with Crippen molar-refractivity contribution < 1.29 is 14.3 Å². The minimum atomic E-state index is -0.441. The van der Waals surface area contributed by atoms with Crippen LogP contribution in [0.5, 0.6) is 0 Å². The van der Waals surface area contributed by atoms with Gasteiger partial charge in [-0.1, -0.05) is 37.6 Å². The summed E-state index contributed by atoms with van der Waals surface area (Å²) in [7, 11) is 0. The summed E-state index contributed by atoms with van der Waals surface area (Å²) in [5.74, 6) is -0.695. The maximum atomic E-state index is 12.4. The van der Waals surface area contributed by atoms with Crippen molar-refractivity contribution in [1.82, 2.24) is 5.32 Å². The van der Waals surface area contributed by atoms with Gasteiger partial charge in [0, 0.05) is 6.04 Å². The fraction of sp³-hybridized carbons (Fsp3) is 0.400. The van der Waals surface area contributed by atoms with Crippen LogP contribution >= 0.6 is 0 Å². The van der Waals surface area contributed by atoms with Crippen LogP contribution in [0.15, 0.2) is 30.3 Å². The first-order valence-electron chi connectivity index (χ1n) is 8.60. The third-order valence-electron chi connectivity index (χ3n) is 4.56. The summed E-state index contributed by atoms with van der Waals surface area (Å²) in [5, 5.41) is 4.93. The van der Waals surface area contributed by atoms with Crippen molar-refractivity contribution in [1.29, 1.82) is 0 Å². The number of amides is 1. The number of hydrogen-bond donors (Lipinski definition) is 1. The Hall–Kier alpha value is -2.36. The topological polar surface area (TPSA) is 55.4 Å². The second-order valence-corrected chi connectivity index (χ2v) is 6.45. The lowest BCUT2D eigenvalue weighted by atomic mass is 10.00. The van der Waals surface area contributed by atoms with E-state index >= 15 is 0 Å². The molecule has 1 aliphatic rings. The lowest BCUT2D eigenvalue weighted by molar-refractivity contribution is -0.124. The van der Waals surface area contributed by atoms with Crippen molar-refractivity contribution in [2.24, 2.45) is 0 Å². The van der Waals surface area contributed by atoms with E-state index in [1.165, 1.54) is 16.5 Å². The Morgan fingerprint density at radius 1 is 1.17 bits per heavy atom. The van der Waals surface area contributed by atoms with Gasteiger partial charge in [-0.3, -0.25) is 4.79 Å². The summed E-state index contributed by atoms with van der Waals surface area (Å²) in [6.45, 7) is 3.78. The summed E-state index contributed by atoms with van der Waals surface area (Å²) in [5.41, 5.74) is 3.10. The average Bonchev–Trinajstić information content (AvgIpc) is 2.98. The van der Waals surface area contributed by atoms with Gasteiger partial charge in [-0.25, -0.2) is 4.79 Å². The summed E-state index contributed by atoms with van der Waals surface area (Å²) < 4.78 is 5.23. The fourth-order valence-corrected chi connectivity index (χ4v) is 3.46. The third kappa shape index (κ3) is 3.28. The van der Waals surface area contributed by atoms with Crippen LogP contribution in [-0.2, 0) is 22.4 Å². The van der Waals surface area contributed by atoms with Crippen LogP contribution in [0, 0.1) is 0 Å². The minimum absolute atomic E-state index is 0.0954. The summed E-state index contributed by atoms with van der Waals surface area (Å²) in [4.78, 5) is 24.3. The van der Waals surface area contributed by atoms with E-state index in [-0.39, 0.29) is 18.6 Å². The molecule has 0 spiro atoms. The lowest BCUT2D eigenvalue weighted by Crippen LogP contribution is -2.35. The number of ether oxygens (including phenoxy) is 1. The molecule has 2 aromatic carbocycles. The van der Waals surface area contributed by atoms with Gasteiger partial charge in [0.1, 0.15) is 0 Å². The van der Waals surface area contributed by atoms with Crippen LogP contribution in [0.25, 0.3) is 10.8 Å². The van der Waals surface area contributed by atoms with Crippen LogP contribution in [0.3, 0.4) is 0 Å². The molecule has 0 saturated heterocycles. The molecule has 0 heterocycles. The molecule has 0 saturated carbocycles. The Morgan fingerprint density at radius 3 is 2.67 bits per heavy atom. The van der Waals surface area contributed by atoms with E-state index < -0.39 is 5.97 Å². The van der Waals surface area contributed by atoms with Crippen LogP contribution in [0.2, 0.25) is 0 Å². The van der Waals surface area contributed by atoms with E-state index in [0.717, 1.165) is 31.1 Å². The molecule has 3 rings (SSSR count). The fourth-order valence-electron chi connectivity index (χ4n) is 3.46. The molecular weight excluding hydrogens is 302 g/mol. The molecule has 1 atom stereocenters. The van der Waals surface area contributed by atoms with Crippen molar-refractivity contribution in [2.75, 3.05) is 6.61 Å². The molecule has 4 nitrogen and oxygen atoms in total. The SMILES string of the molecule is CCCC(C)NC(=O)COC(=O)c1ccc2c3c(cccc13)CC2. The van der Waals surface area contributed by atoms with Gasteiger partial charge in [0.2, 0.25) is 0 Å². The number of benzene rings is 2. The molecule has 24 heavy (non-hydrogen) atoms. The predicted octanol–water partition coefficient (Wildman–Crippen LogP) is 3.40. The Labute approximate surface area is 142 Å². The van der Waals surface area contributed by atoms with Gasteiger partial charge in [-0.2, -0.15) is 0 Å². The molecule has 1 N–H and O–H groups in total. The standard InChI is InChI=1S/C20H23NO3/c1-3-5-13(2)21-18(22)12-24-20(23)17-11-10-15-9-8-14-6-4-7-16(17)19(14)15/h4,6-7,10-11,13H,3,5,8-9,12H2,1-2H3,(H,21,22). The summed E-state index contributed by atoms with van der Waals surface area (Å²) in [6.07, 6.45) is 3.95. The third-order valence-corrected chi connectivity index (χ3v) is 4.56. The number of carbonyl (C=O) groups excluding carboxylic acids is 2. The zero-order valence-corrected chi connectivity index (χ0v) is 14.2. The molecule has 126 valence electrons. The molecule has 1 aliphatic carbocycles. The van der Waals surface area contributed by atoms with E-state index in [2.05, 4.69) is 18.3 Å². The molecule has 0 bridgehead atoms. The monoisotopic (exact) mass is 325 g/mol. The van der Waals surface area contributed by atoms with Gasteiger partial charge in [0.25, 0.3) is 5.91 Å². The van der Waals surface area contributed by atoms with E-state index in [1.807, 2.05) is 31.2 Å². The maximum absolute atomic E-state index is 12.4. The van der Waals surface area contributed by atoms with Gasteiger partial charge >= 0.3 is 5.97 Å². The summed E-state index contributed by atoms with van der Waals surface area (Å²) >= 11 is 0. The second-order valence-electron chi connectivity index (χ2n) is 6.45. The number of aryl methyl sites for hydroxylation is 2. The first-order valence-corrected chi connectivity index (χ1v) is 8.60. The molecule has 2 aromatic rings. The molecule has 0 radical (unpaired) electrons. The van der Waals surface area contributed by atoms with Crippen molar-refractivity contribution in [3.05, 3.63) is 47.0 Å². The Bertz CT molecular complexity index is 772. The number of rotatable bonds is 6. The van der Waals surface area contributed by atoms with Crippen LogP contribution in [0.1, 0.15) is 48.2 Å². The van der Waals surface area contributed by atoms with E-state index in [0.29, 0.717) is 5.56 Å². The predicted molar refractivity (Wildman–Crippen MR) is 94.2 cm³/mol. The number of esters is 1. The molecule has 0 aliphatic heterocycles. The van der Waals surface area contributed by atoms with Gasteiger partial charge in [-0.15, -0.1) is 0 Å². The lowest BCUT2D eigenvalue weighted by Gasteiger charge is -2.13. The first kappa shape index (κ1) is 16.5. The molecule has 1 amide bonds. The van der Waals surface area contributed by atoms with Gasteiger partial charge in [-0.05, 0) is 54.2 Å². The minimum Gasteiger partial charge on any atom is -0.452 e. The van der Waals surface area contributed by atoms with Crippen molar-refractivity contribution in [2.45, 2.75) is 45.6 Å².